The molecular formula is C21H25N3O2S. The van der Waals surface area contributed by atoms with Gasteiger partial charge in [-0.3, -0.25) is 9.20 Å². The molecule has 1 unspecified atom stereocenters. The number of aromatic nitrogens is 2. The molecule has 1 saturated heterocycles. The molecule has 0 bridgehead atoms. The molecule has 3 heterocycles. The number of aryl methyl sites for hydroxylation is 1. The summed E-state index contributed by atoms with van der Waals surface area (Å²) in [5.41, 5.74) is 3.89. The first-order valence-electron chi connectivity index (χ1n) is 9.61. The molecule has 6 heteroatoms. The van der Waals surface area contributed by atoms with Crippen molar-refractivity contribution in [3.05, 3.63) is 47.1 Å². The Labute approximate surface area is 163 Å². The molecule has 1 fully saturated rings. The molecular weight excluding hydrogens is 358 g/mol. The van der Waals surface area contributed by atoms with Crippen LogP contribution < -0.4 is 0 Å². The van der Waals surface area contributed by atoms with Crippen molar-refractivity contribution >= 4 is 22.2 Å². The van der Waals surface area contributed by atoms with Gasteiger partial charge in [0.25, 0.3) is 5.91 Å². The maximum atomic E-state index is 13.2. The van der Waals surface area contributed by atoms with E-state index in [2.05, 4.69) is 26.0 Å². The second-order valence-corrected chi connectivity index (χ2v) is 7.94. The monoisotopic (exact) mass is 383 g/mol. The first kappa shape index (κ1) is 18.2. The van der Waals surface area contributed by atoms with E-state index in [-0.39, 0.29) is 12.0 Å². The number of fused-ring (bicyclic) bond motifs is 1. The van der Waals surface area contributed by atoms with Crippen LogP contribution in [0.5, 0.6) is 0 Å². The van der Waals surface area contributed by atoms with Crippen LogP contribution in [0.2, 0.25) is 0 Å². The van der Waals surface area contributed by atoms with Gasteiger partial charge in [0.05, 0.1) is 11.8 Å². The highest BCUT2D eigenvalue weighted by Crippen LogP contribution is 2.27. The van der Waals surface area contributed by atoms with Crippen LogP contribution in [0.1, 0.15) is 42.2 Å². The van der Waals surface area contributed by atoms with Gasteiger partial charge in [-0.1, -0.05) is 31.2 Å². The lowest BCUT2D eigenvalue weighted by atomic mass is 10.1. The third-order valence-corrected chi connectivity index (χ3v) is 5.92. The van der Waals surface area contributed by atoms with Crippen LogP contribution in [0.3, 0.4) is 0 Å². The predicted molar refractivity (Wildman–Crippen MR) is 108 cm³/mol. The number of thiazole rings is 1. The van der Waals surface area contributed by atoms with Crippen molar-refractivity contribution in [3.63, 3.8) is 0 Å². The van der Waals surface area contributed by atoms with Gasteiger partial charge in [0.2, 0.25) is 0 Å². The second-order valence-electron chi connectivity index (χ2n) is 7.10. The van der Waals surface area contributed by atoms with E-state index in [0.717, 1.165) is 48.6 Å². The van der Waals surface area contributed by atoms with Gasteiger partial charge in [0.1, 0.15) is 5.69 Å². The number of rotatable bonds is 6. The number of carbonyl (C=O) groups is 1. The Morgan fingerprint density at radius 3 is 3.00 bits per heavy atom. The number of ether oxygens (including phenoxy) is 1. The van der Waals surface area contributed by atoms with Crippen molar-refractivity contribution in [3.8, 4) is 11.3 Å². The zero-order valence-electron chi connectivity index (χ0n) is 15.9. The molecule has 1 atom stereocenters. The lowest BCUT2D eigenvalue weighted by molar-refractivity contribution is 0.0521. The minimum Gasteiger partial charge on any atom is -0.376 e. The smallest absolute Gasteiger partial charge is 0.271 e. The summed E-state index contributed by atoms with van der Waals surface area (Å²) in [7, 11) is 0. The van der Waals surface area contributed by atoms with Gasteiger partial charge < -0.3 is 9.64 Å². The summed E-state index contributed by atoms with van der Waals surface area (Å²) >= 11 is 1.51. The molecule has 3 aromatic rings. The Bertz CT molecular complexity index is 940. The zero-order valence-corrected chi connectivity index (χ0v) is 16.7. The molecule has 1 amide bonds. The number of imidazole rings is 1. The fourth-order valence-corrected chi connectivity index (χ4v) is 4.52. The van der Waals surface area contributed by atoms with Crippen molar-refractivity contribution in [1.82, 2.24) is 14.3 Å². The van der Waals surface area contributed by atoms with Gasteiger partial charge in [0.15, 0.2) is 4.96 Å². The predicted octanol–water partition coefficient (Wildman–Crippen LogP) is 4.40. The van der Waals surface area contributed by atoms with E-state index in [1.165, 1.54) is 16.9 Å². The topological polar surface area (TPSA) is 46.8 Å². The van der Waals surface area contributed by atoms with E-state index in [0.29, 0.717) is 12.2 Å². The normalized spacial score (nSPS) is 16.9. The molecule has 1 aliphatic rings. The Kier molecular flexibility index (Phi) is 5.27. The van der Waals surface area contributed by atoms with Gasteiger partial charge in [-0.15, -0.1) is 11.3 Å². The van der Waals surface area contributed by atoms with Crippen molar-refractivity contribution in [2.75, 3.05) is 19.7 Å². The lowest BCUT2D eigenvalue weighted by Gasteiger charge is -2.24. The number of nitrogens with zero attached hydrogens (tertiary/aromatic N) is 3. The number of hydrogen-bond donors (Lipinski definition) is 0. The van der Waals surface area contributed by atoms with E-state index in [1.54, 1.807) is 0 Å². The van der Waals surface area contributed by atoms with Crippen molar-refractivity contribution in [2.45, 2.75) is 39.2 Å². The molecule has 1 aromatic carbocycles. The van der Waals surface area contributed by atoms with E-state index in [9.17, 15) is 4.79 Å². The quantitative estimate of drug-likeness (QED) is 0.634. The van der Waals surface area contributed by atoms with E-state index >= 15 is 0 Å². The van der Waals surface area contributed by atoms with E-state index in [1.807, 2.05) is 33.0 Å². The molecule has 1 aliphatic heterocycles. The first-order valence-corrected chi connectivity index (χ1v) is 10.5. The molecule has 2 aromatic heterocycles. The highest BCUT2D eigenvalue weighted by Gasteiger charge is 2.25. The molecule has 5 nitrogen and oxygen atoms in total. The minimum atomic E-state index is 0.0623. The third-order valence-electron chi connectivity index (χ3n) is 5.08. The van der Waals surface area contributed by atoms with Crippen molar-refractivity contribution in [2.24, 2.45) is 0 Å². The average molecular weight is 384 g/mol. The van der Waals surface area contributed by atoms with E-state index < -0.39 is 0 Å². The van der Waals surface area contributed by atoms with Crippen LogP contribution in [0.4, 0.5) is 0 Å². The fraction of sp³-hybridized carbons (Fsp3) is 0.429. The van der Waals surface area contributed by atoms with Gasteiger partial charge in [0, 0.05) is 36.8 Å². The number of carbonyl (C=O) groups excluding carboxylic acids is 1. The number of hydrogen-bond acceptors (Lipinski definition) is 4. The summed E-state index contributed by atoms with van der Waals surface area (Å²) in [5.74, 6) is 0.0623. The van der Waals surface area contributed by atoms with Gasteiger partial charge >= 0.3 is 0 Å². The van der Waals surface area contributed by atoms with Crippen LogP contribution in [0.25, 0.3) is 16.2 Å². The van der Waals surface area contributed by atoms with E-state index in [4.69, 9.17) is 9.72 Å². The SMILES string of the molecule is CCCN(CC1CCCO1)C(=O)c1csc2nc(-c3ccccc3C)cn12. The largest absolute Gasteiger partial charge is 0.376 e. The standard InChI is InChI=1S/C21H25N3O2S/c1-3-10-23(12-16-8-6-11-26-16)20(25)19-14-27-21-22-18(13-24(19)21)17-9-5-4-7-15(17)2/h4-5,7,9,13-14,16H,3,6,8,10-12H2,1-2H3. The van der Waals surface area contributed by atoms with Crippen LogP contribution in [0.15, 0.2) is 35.8 Å². The van der Waals surface area contributed by atoms with Crippen LogP contribution in [0, 0.1) is 6.92 Å². The molecule has 0 N–H and O–H groups in total. The Morgan fingerprint density at radius 2 is 2.26 bits per heavy atom. The number of benzene rings is 1. The highest BCUT2D eigenvalue weighted by atomic mass is 32.1. The maximum Gasteiger partial charge on any atom is 0.271 e. The molecule has 0 spiro atoms. The van der Waals surface area contributed by atoms with Gasteiger partial charge in [-0.25, -0.2) is 4.98 Å². The molecule has 27 heavy (non-hydrogen) atoms. The van der Waals surface area contributed by atoms with Crippen molar-refractivity contribution in [1.29, 1.82) is 0 Å². The maximum absolute atomic E-state index is 13.2. The van der Waals surface area contributed by atoms with Crippen LogP contribution in [-0.2, 0) is 4.74 Å². The summed E-state index contributed by atoms with van der Waals surface area (Å²) in [4.78, 5) is 20.8. The summed E-state index contributed by atoms with van der Waals surface area (Å²) in [6.45, 7) is 6.41. The lowest BCUT2D eigenvalue weighted by Crippen LogP contribution is -2.38. The van der Waals surface area contributed by atoms with Crippen LogP contribution >= 0.6 is 11.3 Å². The zero-order chi connectivity index (χ0) is 18.8. The Hall–Kier alpha value is -2.18. The van der Waals surface area contributed by atoms with Crippen molar-refractivity contribution < 1.29 is 9.53 Å². The molecule has 0 radical (unpaired) electrons. The van der Waals surface area contributed by atoms with Gasteiger partial charge in [-0.05, 0) is 31.7 Å². The fourth-order valence-electron chi connectivity index (χ4n) is 3.67. The first-order chi connectivity index (χ1) is 13.2. The molecule has 0 saturated carbocycles. The molecule has 142 valence electrons. The Morgan fingerprint density at radius 1 is 1.41 bits per heavy atom. The summed E-state index contributed by atoms with van der Waals surface area (Å²) in [6, 6.07) is 8.20. The molecule has 0 aliphatic carbocycles. The minimum absolute atomic E-state index is 0.0623. The highest BCUT2D eigenvalue weighted by molar-refractivity contribution is 7.15. The summed E-state index contributed by atoms with van der Waals surface area (Å²) < 4.78 is 7.69. The summed E-state index contributed by atoms with van der Waals surface area (Å²) in [5, 5.41) is 1.92. The van der Waals surface area contributed by atoms with Gasteiger partial charge in [-0.2, -0.15) is 0 Å². The summed E-state index contributed by atoms with van der Waals surface area (Å²) in [6.07, 6.45) is 5.21. The second kappa shape index (κ2) is 7.82. The Balaban J connectivity index is 1.63. The molecule has 4 rings (SSSR count). The average Bonchev–Trinajstić information content (AvgIpc) is 3.38. The van der Waals surface area contributed by atoms with Crippen LogP contribution in [-0.4, -0.2) is 46.0 Å². The third kappa shape index (κ3) is 3.64. The number of amides is 1.